The minimum atomic E-state index is -0.589. The number of carbonyl (C=O) groups excluding carboxylic acids is 3. The van der Waals surface area contributed by atoms with Gasteiger partial charge in [-0.15, -0.1) is 0 Å². The smallest absolute Gasteiger partial charge is 0.327 e. The third-order valence-corrected chi connectivity index (χ3v) is 3.89. The molecular formula is C19H21N5O5. The lowest BCUT2D eigenvalue weighted by atomic mass is 10.3. The van der Waals surface area contributed by atoms with E-state index >= 15 is 0 Å². The quantitative estimate of drug-likeness (QED) is 0.663. The van der Waals surface area contributed by atoms with Crippen molar-refractivity contribution in [3.63, 3.8) is 0 Å². The maximum Gasteiger partial charge on any atom is 0.327 e. The number of rotatable bonds is 5. The van der Waals surface area contributed by atoms with Crippen LogP contribution in [0.4, 0.5) is 26.8 Å². The number of anilines is 3. The van der Waals surface area contributed by atoms with Gasteiger partial charge in [-0.2, -0.15) is 0 Å². The zero-order valence-electron chi connectivity index (χ0n) is 15.8. The second-order valence-corrected chi connectivity index (χ2v) is 5.95. The zero-order chi connectivity index (χ0) is 20.6. The summed E-state index contributed by atoms with van der Waals surface area (Å²) in [6, 6.07) is 9.73. The number of hydrogen-bond acceptors (Lipinski definition) is 6. The van der Waals surface area contributed by atoms with E-state index in [1.807, 2.05) is 18.2 Å². The van der Waals surface area contributed by atoms with Crippen LogP contribution >= 0.6 is 0 Å². The van der Waals surface area contributed by atoms with Gasteiger partial charge in [0.05, 0.1) is 25.0 Å². The molecule has 0 radical (unpaired) electrons. The number of carbonyl (C=O) groups is 3. The Hall–Kier alpha value is -3.82. The predicted octanol–water partition coefficient (Wildman–Crippen LogP) is 2.20. The van der Waals surface area contributed by atoms with Crippen LogP contribution in [0.15, 0.2) is 42.6 Å². The molecular weight excluding hydrogens is 378 g/mol. The SMILES string of the molecule is CCOC(=O)CNC(=O)Nc1cnc2c(c1)OCCN2C(=O)Nc1ccccc1. The van der Waals surface area contributed by atoms with Crippen LogP contribution in [0.1, 0.15) is 6.92 Å². The van der Waals surface area contributed by atoms with Gasteiger partial charge >= 0.3 is 18.0 Å². The van der Waals surface area contributed by atoms with Gasteiger partial charge in [0.1, 0.15) is 13.2 Å². The van der Waals surface area contributed by atoms with Crippen LogP contribution in [0.3, 0.4) is 0 Å². The van der Waals surface area contributed by atoms with Crippen molar-refractivity contribution < 1.29 is 23.9 Å². The predicted molar refractivity (Wildman–Crippen MR) is 106 cm³/mol. The molecule has 1 aliphatic heterocycles. The highest BCUT2D eigenvalue weighted by Crippen LogP contribution is 2.32. The summed E-state index contributed by atoms with van der Waals surface area (Å²) in [6.07, 6.45) is 1.40. The zero-order valence-corrected chi connectivity index (χ0v) is 15.8. The average molecular weight is 399 g/mol. The topological polar surface area (TPSA) is 122 Å². The number of urea groups is 2. The van der Waals surface area contributed by atoms with Crippen molar-refractivity contribution in [1.29, 1.82) is 0 Å². The first kappa shape index (κ1) is 19.9. The second-order valence-electron chi connectivity index (χ2n) is 5.95. The van der Waals surface area contributed by atoms with E-state index in [1.54, 1.807) is 25.1 Å². The second kappa shape index (κ2) is 9.40. The lowest BCUT2D eigenvalue weighted by Crippen LogP contribution is -2.41. The third-order valence-electron chi connectivity index (χ3n) is 3.89. The standard InChI is InChI=1S/C19H21N5O5/c1-2-28-16(25)12-21-18(26)22-14-10-15-17(20-11-14)24(8-9-29-15)19(27)23-13-6-4-3-5-7-13/h3-7,10-11H,2,8-9,12H2,1H3,(H,23,27)(H2,21,22,26). The molecule has 29 heavy (non-hydrogen) atoms. The van der Waals surface area contributed by atoms with Gasteiger partial charge in [0.25, 0.3) is 0 Å². The number of nitrogens with one attached hydrogen (secondary N) is 3. The van der Waals surface area contributed by atoms with Gasteiger partial charge < -0.3 is 25.4 Å². The molecule has 0 aliphatic carbocycles. The van der Waals surface area contributed by atoms with E-state index in [1.165, 1.54) is 11.1 Å². The first-order chi connectivity index (χ1) is 14.1. The van der Waals surface area contributed by atoms with Gasteiger partial charge in [0.15, 0.2) is 11.6 Å². The first-order valence-electron chi connectivity index (χ1n) is 9.03. The largest absolute Gasteiger partial charge is 0.488 e. The van der Waals surface area contributed by atoms with Crippen LogP contribution in [-0.4, -0.2) is 49.3 Å². The van der Waals surface area contributed by atoms with Crippen molar-refractivity contribution in [2.75, 3.05) is 41.8 Å². The molecule has 0 fully saturated rings. The molecule has 2 aromatic rings. The molecule has 1 aliphatic rings. The Morgan fingerprint density at radius 1 is 1.17 bits per heavy atom. The summed E-state index contributed by atoms with van der Waals surface area (Å²) in [5, 5.41) is 7.74. The molecule has 0 unspecified atom stereocenters. The minimum Gasteiger partial charge on any atom is -0.488 e. The van der Waals surface area contributed by atoms with E-state index in [4.69, 9.17) is 9.47 Å². The number of nitrogens with zero attached hydrogens (tertiary/aromatic N) is 2. The maximum absolute atomic E-state index is 12.6. The van der Waals surface area contributed by atoms with E-state index in [-0.39, 0.29) is 25.8 Å². The van der Waals surface area contributed by atoms with Crippen molar-refractivity contribution in [3.05, 3.63) is 42.6 Å². The van der Waals surface area contributed by atoms with E-state index in [9.17, 15) is 14.4 Å². The van der Waals surface area contributed by atoms with Crippen LogP contribution in [-0.2, 0) is 9.53 Å². The van der Waals surface area contributed by atoms with E-state index in [0.29, 0.717) is 29.5 Å². The Morgan fingerprint density at radius 3 is 2.72 bits per heavy atom. The number of hydrogen-bond donors (Lipinski definition) is 3. The molecule has 10 nitrogen and oxygen atoms in total. The lowest BCUT2D eigenvalue weighted by Gasteiger charge is -2.28. The van der Waals surface area contributed by atoms with Crippen LogP contribution in [0.5, 0.6) is 5.75 Å². The Kier molecular flexibility index (Phi) is 6.46. The number of amides is 4. The van der Waals surface area contributed by atoms with Crippen molar-refractivity contribution in [1.82, 2.24) is 10.3 Å². The Morgan fingerprint density at radius 2 is 1.97 bits per heavy atom. The maximum atomic E-state index is 12.6. The van der Waals surface area contributed by atoms with Crippen LogP contribution in [0.2, 0.25) is 0 Å². The average Bonchev–Trinajstić information content (AvgIpc) is 2.72. The normalized spacial score (nSPS) is 12.2. The van der Waals surface area contributed by atoms with Crippen LogP contribution in [0.25, 0.3) is 0 Å². The molecule has 152 valence electrons. The Bertz CT molecular complexity index is 890. The van der Waals surface area contributed by atoms with Crippen LogP contribution in [0, 0.1) is 0 Å². The lowest BCUT2D eigenvalue weighted by molar-refractivity contribution is -0.141. The molecule has 0 atom stereocenters. The molecule has 1 aromatic carbocycles. The fourth-order valence-corrected chi connectivity index (χ4v) is 2.62. The molecule has 1 aromatic heterocycles. The molecule has 3 N–H and O–H groups in total. The van der Waals surface area contributed by atoms with Crippen LogP contribution < -0.4 is 25.6 Å². The molecule has 0 spiro atoms. The molecule has 0 saturated carbocycles. The van der Waals surface area contributed by atoms with Crippen molar-refractivity contribution >= 4 is 35.2 Å². The van der Waals surface area contributed by atoms with Crippen molar-refractivity contribution in [2.45, 2.75) is 6.92 Å². The minimum absolute atomic E-state index is 0.239. The molecule has 3 rings (SSSR count). The van der Waals surface area contributed by atoms with E-state index < -0.39 is 12.0 Å². The van der Waals surface area contributed by atoms with Gasteiger partial charge in [-0.1, -0.05) is 18.2 Å². The molecule has 4 amide bonds. The van der Waals surface area contributed by atoms with Gasteiger partial charge in [-0.25, -0.2) is 14.6 Å². The van der Waals surface area contributed by atoms with E-state index in [0.717, 1.165) is 0 Å². The molecule has 2 heterocycles. The Balaban J connectivity index is 1.63. The van der Waals surface area contributed by atoms with Gasteiger partial charge in [-0.3, -0.25) is 9.69 Å². The van der Waals surface area contributed by atoms with Gasteiger partial charge in [0.2, 0.25) is 0 Å². The van der Waals surface area contributed by atoms with E-state index in [2.05, 4.69) is 20.9 Å². The third kappa shape index (κ3) is 5.34. The highest BCUT2D eigenvalue weighted by molar-refractivity contribution is 6.02. The highest BCUT2D eigenvalue weighted by Gasteiger charge is 2.26. The number of fused-ring (bicyclic) bond motifs is 1. The van der Waals surface area contributed by atoms with Gasteiger partial charge in [0, 0.05) is 11.8 Å². The highest BCUT2D eigenvalue weighted by atomic mass is 16.5. The Labute approximate surface area is 167 Å². The number of aromatic nitrogens is 1. The molecule has 0 bridgehead atoms. The molecule has 10 heteroatoms. The number of benzene rings is 1. The summed E-state index contributed by atoms with van der Waals surface area (Å²) in [5.41, 5.74) is 1.03. The fraction of sp³-hybridized carbons (Fsp3) is 0.263. The fourth-order valence-electron chi connectivity index (χ4n) is 2.62. The first-order valence-corrected chi connectivity index (χ1v) is 9.03. The monoisotopic (exact) mass is 399 g/mol. The summed E-state index contributed by atoms with van der Waals surface area (Å²) in [5.74, 6) is 0.180. The van der Waals surface area contributed by atoms with Gasteiger partial charge in [-0.05, 0) is 19.1 Å². The number of esters is 1. The summed E-state index contributed by atoms with van der Waals surface area (Å²) in [6.45, 7) is 2.30. The number of pyridine rings is 1. The van der Waals surface area contributed by atoms with Crippen molar-refractivity contribution in [2.24, 2.45) is 0 Å². The summed E-state index contributed by atoms with van der Waals surface area (Å²) >= 11 is 0. The van der Waals surface area contributed by atoms with Crippen molar-refractivity contribution in [3.8, 4) is 5.75 Å². The summed E-state index contributed by atoms with van der Waals surface area (Å²) in [4.78, 5) is 41.5. The number of ether oxygens (including phenoxy) is 2. The number of para-hydroxylation sites is 1. The molecule has 0 saturated heterocycles. The summed E-state index contributed by atoms with van der Waals surface area (Å²) in [7, 11) is 0. The summed E-state index contributed by atoms with van der Waals surface area (Å²) < 4.78 is 10.3.